The molecule has 2 aliphatic carbocycles. The maximum atomic E-state index is 11.7. The molecule has 1 saturated carbocycles. The third kappa shape index (κ3) is 2.42. The predicted octanol–water partition coefficient (Wildman–Crippen LogP) is 3.51. The molecule has 4 rings (SSSR count). The van der Waals surface area contributed by atoms with Crippen LogP contribution in [0.1, 0.15) is 29.9 Å². The van der Waals surface area contributed by atoms with Gasteiger partial charge in [0.2, 0.25) is 5.88 Å². The zero-order valence-corrected chi connectivity index (χ0v) is 13.6. The molecule has 0 spiro atoms. The lowest BCUT2D eigenvalue weighted by Gasteiger charge is -2.36. The molecular formula is C20H20N2O2. The Kier molecular flexibility index (Phi) is 3.89. The van der Waals surface area contributed by atoms with Crippen LogP contribution < -0.4 is 4.74 Å². The van der Waals surface area contributed by atoms with E-state index in [0.29, 0.717) is 17.7 Å². The minimum Gasteiger partial charge on any atom is -0.481 e. The van der Waals surface area contributed by atoms with Gasteiger partial charge in [0.15, 0.2) is 0 Å². The van der Waals surface area contributed by atoms with Gasteiger partial charge in [0.25, 0.3) is 0 Å². The molecule has 2 aromatic heterocycles. The highest BCUT2D eigenvalue weighted by Gasteiger charge is 2.46. The van der Waals surface area contributed by atoms with Crippen LogP contribution in [-0.2, 0) is 4.79 Å². The van der Waals surface area contributed by atoms with Crippen LogP contribution in [0.3, 0.4) is 0 Å². The van der Waals surface area contributed by atoms with Gasteiger partial charge < -0.3 is 9.53 Å². The predicted molar refractivity (Wildman–Crippen MR) is 91.5 cm³/mol. The Morgan fingerprint density at radius 3 is 2.75 bits per heavy atom. The number of methoxy groups -OCH3 is 1. The van der Waals surface area contributed by atoms with Crippen LogP contribution in [0.25, 0.3) is 5.57 Å². The average molecular weight is 320 g/mol. The number of aldehydes is 1. The Balaban J connectivity index is 1.75. The number of ether oxygens (including phenoxy) is 1. The molecule has 2 bridgehead atoms. The number of carbonyl (C=O) groups is 1. The van der Waals surface area contributed by atoms with Gasteiger partial charge in [0, 0.05) is 36.5 Å². The van der Waals surface area contributed by atoms with Gasteiger partial charge in [-0.05, 0) is 53.5 Å². The average Bonchev–Trinajstić information content (AvgIpc) is 2.93. The van der Waals surface area contributed by atoms with Crippen LogP contribution in [0.5, 0.6) is 5.88 Å². The van der Waals surface area contributed by atoms with E-state index < -0.39 is 0 Å². The summed E-state index contributed by atoms with van der Waals surface area (Å²) < 4.78 is 5.16. The molecule has 0 amide bonds. The molecule has 0 radical (unpaired) electrons. The minimum atomic E-state index is 0.0577. The highest BCUT2D eigenvalue weighted by atomic mass is 16.5. The first-order chi connectivity index (χ1) is 11.8. The van der Waals surface area contributed by atoms with Crippen molar-refractivity contribution in [1.29, 1.82) is 0 Å². The zero-order chi connectivity index (χ0) is 16.5. The third-order valence-electron chi connectivity index (χ3n) is 5.42. The first-order valence-corrected chi connectivity index (χ1v) is 8.39. The minimum absolute atomic E-state index is 0.0577. The molecule has 4 heteroatoms. The molecule has 4 unspecified atom stereocenters. The van der Waals surface area contributed by atoms with Gasteiger partial charge in [0.05, 0.1) is 7.11 Å². The summed E-state index contributed by atoms with van der Waals surface area (Å²) in [5, 5.41) is 0. The number of fused-ring (bicyclic) bond motifs is 2. The maximum Gasteiger partial charge on any atom is 0.212 e. The van der Waals surface area contributed by atoms with Crippen molar-refractivity contribution in [3.63, 3.8) is 0 Å². The highest BCUT2D eigenvalue weighted by Crippen LogP contribution is 2.56. The molecular weight excluding hydrogens is 300 g/mol. The fraction of sp³-hybridized carbons (Fsp3) is 0.350. The van der Waals surface area contributed by atoms with Crippen molar-refractivity contribution in [1.82, 2.24) is 9.97 Å². The maximum absolute atomic E-state index is 11.7. The summed E-state index contributed by atoms with van der Waals surface area (Å²) in [4.78, 5) is 20.4. The monoisotopic (exact) mass is 320 g/mol. The van der Waals surface area contributed by atoms with Crippen LogP contribution in [0.2, 0.25) is 0 Å². The quantitative estimate of drug-likeness (QED) is 0.809. The van der Waals surface area contributed by atoms with E-state index in [1.54, 1.807) is 13.3 Å². The number of hydrogen-bond donors (Lipinski definition) is 0. The van der Waals surface area contributed by atoms with Crippen molar-refractivity contribution >= 4 is 11.9 Å². The van der Waals surface area contributed by atoms with Crippen LogP contribution in [0.4, 0.5) is 0 Å². The zero-order valence-electron chi connectivity index (χ0n) is 13.6. The second-order valence-corrected chi connectivity index (χ2v) is 6.59. The number of aromatic nitrogens is 2. The van der Waals surface area contributed by atoms with Crippen LogP contribution in [0.15, 0.2) is 48.9 Å². The number of nitrogens with zero attached hydrogens (tertiary/aromatic N) is 2. The van der Waals surface area contributed by atoms with Crippen molar-refractivity contribution in [3.8, 4) is 5.88 Å². The molecule has 122 valence electrons. The van der Waals surface area contributed by atoms with Crippen molar-refractivity contribution in [3.05, 3.63) is 60.1 Å². The van der Waals surface area contributed by atoms with E-state index in [1.807, 2.05) is 30.6 Å². The smallest absolute Gasteiger partial charge is 0.212 e. The molecule has 2 aliphatic rings. The first kappa shape index (κ1) is 15.1. The molecule has 0 saturated heterocycles. The van der Waals surface area contributed by atoms with E-state index >= 15 is 0 Å². The summed E-state index contributed by atoms with van der Waals surface area (Å²) >= 11 is 0. The summed E-state index contributed by atoms with van der Waals surface area (Å²) in [5.41, 5.74) is 3.57. The van der Waals surface area contributed by atoms with E-state index in [1.165, 1.54) is 11.1 Å². The number of hydrogen-bond acceptors (Lipinski definition) is 4. The van der Waals surface area contributed by atoms with Crippen LogP contribution in [0, 0.1) is 17.8 Å². The van der Waals surface area contributed by atoms with Crippen molar-refractivity contribution in [2.75, 3.05) is 7.11 Å². The van der Waals surface area contributed by atoms with E-state index in [4.69, 9.17) is 4.74 Å². The lowest BCUT2D eigenvalue weighted by molar-refractivity contribution is -0.113. The van der Waals surface area contributed by atoms with Gasteiger partial charge in [0.1, 0.15) is 6.29 Å². The van der Waals surface area contributed by atoms with Gasteiger partial charge in [-0.3, -0.25) is 4.98 Å². The fourth-order valence-electron chi connectivity index (χ4n) is 4.37. The lowest BCUT2D eigenvalue weighted by Crippen LogP contribution is -2.29. The van der Waals surface area contributed by atoms with Gasteiger partial charge >= 0.3 is 0 Å². The number of allylic oxidation sites excluding steroid dienone is 2. The Bertz CT molecular complexity index is 755. The number of pyridine rings is 2. The molecule has 2 aromatic rings. The molecule has 2 heterocycles. The molecule has 4 atom stereocenters. The summed E-state index contributed by atoms with van der Waals surface area (Å²) in [5.74, 6) is 1.67. The Hall–Kier alpha value is -2.49. The normalized spacial score (nSPS) is 28.3. The van der Waals surface area contributed by atoms with Gasteiger partial charge in [-0.25, -0.2) is 4.98 Å². The third-order valence-corrected chi connectivity index (χ3v) is 5.42. The van der Waals surface area contributed by atoms with Gasteiger partial charge in [-0.15, -0.1) is 0 Å². The van der Waals surface area contributed by atoms with Crippen LogP contribution >= 0.6 is 0 Å². The Morgan fingerprint density at radius 1 is 1.17 bits per heavy atom. The van der Waals surface area contributed by atoms with E-state index in [-0.39, 0.29) is 11.8 Å². The highest BCUT2D eigenvalue weighted by molar-refractivity contribution is 5.75. The molecule has 24 heavy (non-hydrogen) atoms. The second kappa shape index (κ2) is 6.19. The molecule has 0 N–H and O–H groups in total. The SMILES string of the molecule is COc1ccc(C2=CC3CCC(C=O)C2C3c2cccnc2)cn1. The summed E-state index contributed by atoms with van der Waals surface area (Å²) in [6, 6.07) is 8.04. The van der Waals surface area contributed by atoms with Crippen molar-refractivity contribution < 1.29 is 9.53 Å². The number of carbonyl (C=O) groups excluding carboxylic acids is 1. The Labute approximate surface area is 141 Å². The number of rotatable bonds is 4. The summed E-state index contributed by atoms with van der Waals surface area (Å²) in [6.45, 7) is 0. The van der Waals surface area contributed by atoms with E-state index in [0.717, 1.165) is 24.7 Å². The summed E-state index contributed by atoms with van der Waals surface area (Å²) in [7, 11) is 1.62. The standard InChI is InChI=1S/C20H20N2O2/c1-24-18-7-6-14(11-22-18)17-9-13-4-5-16(12-23)20(17)19(13)15-3-2-8-21-10-15/h2-3,6-13,16,19-20H,4-5H2,1H3. The molecule has 0 aliphatic heterocycles. The Morgan fingerprint density at radius 2 is 2.08 bits per heavy atom. The van der Waals surface area contributed by atoms with Crippen molar-refractivity contribution in [2.24, 2.45) is 17.8 Å². The molecule has 0 aromatic carbocycles. The lowest BCUT2D eigenvalue weighted by atomic mass is 9.67. The first-order valence-electron chi connectivity index (χ1n) is 8.39. The summed E-state index contributed by atoms with van der Waals surface area (Å²) in [6.07, 6.45) is 11.1. The largest absolute Gasteiger partial charge is 0.481 e. The molecule has 4 nitrogen and oxygen atoms in total. The van der Waals surface area contributed by atoms with E-state index in [2.05, 4.69) is 22.1 Å². The van der Waals surface area contributed by atoms with Gasteiger partial charge in [-0.2, -0.15) is 0 Å². The second-order valence-electron chi connectivity index (χ2n) is 6.59. The van der Waals surface area contributed by atoms with Crippen molar-refractivity contribution in [2.45, 2.75) is 18.8 Å². The van der Waals surface area contributed by atoms with Gasteiger partial charge in [-0.1, -0.05) is 12.1 Å². The van der Waals surface area contributed by atoms with E-state index in [9.17, 15) is 4.79 Å². The fourth-order valence-corrected chi connectivity index (χ4v) is 4.37. The molecule has 1 fully saturated rings. The topological polar surface area (TPSA) is 52.1 Å². The van der Waals surface area contributed by atoms with Crippen LogP contribution in [-0.4, -0.2) is 23.4 Å².